The molecule has 0 fully saturated rings. The number of ether oxygens (including phenoxy) is 1. The fourth-order valence-corrected chi connectivity index (χ4v) is 1.61. The lowest BCUT2D eigenvalue weighted by Crippen LogP contribution is -2.16. The van der Waals surface area contributed by atoms with Gasteiger partial charge in [0.05, 0.1) is 0 Å². The summed E-state index contributed by atoms with van der Waals surface area (Å²) in [6.07, 6.45) is 0. The van der Waals surface area contributed by atoms with Crippen LogP contribution in [0, 0.1) is 0 Å². The van der Waals surface area contributed by atoms with Gasteiger partial charge in [-0.2, -0.15) is 0 Å². The van der Waals surface area contributed by atoms with Crippen LogP contribution in [0.25, 0.3) is 0 Å². The Balaban J connectivity index is 1.76. The van der Waals surface area contributed by atoms with Gasteiger partial charge in [0, 0.05) is 11.4 Å². The van der Waals surface area contributed by atoms with Gasteiger partial charge >= 0.3 is 5.97 Å². The zero-order valence-electron chi connectivity index (χ0n) is 10.5. The van der Waals surface area contributed by atoms with Crippen LogP contribution < -0.4 is 11.1 Å². The first kappa shape index (κ1) is 13.0. The molecule has 4 heteroatoms. The van der Waals surface area contributed by atoms with Gasteiger partial charge < -0.3 is 15.8 Å². The van der Waals surface area contributed by atoms with Crippen LogP contribution in [0.5, 0.6) is 0 Å². The Labute approximate surface area is 112 Å². The van der Waals surface area contributed by atoms with Gasteiger partial charge in [0.1, 0.15) is 13.2 Å². The Morgan fingerprint density at radius 1 is 1.11 bits per heavy atom. The van der Waals surface area contributed by atoms with E-state index in [1.807, 2.05) is 42.5 Å². The van der Waals surface area contributed by atoms with E-state index in [9.17, 15) is 4.79 Å². The number of benzene rings is 2. The molecule has 0 aromatic heterocycles. The Hall–Kier alpha value is -2.49. The number of hydrogen-bond donors (Lipinski definition) is 2. The summed E-state index contributed by atoms with van der Waals surface area (Å²) in [5.41, 5.74) is 8.07. The van der Waals surface area contributed by atoms with Crippen molar-refractivity contribution in [3.8, 4) is 0 Å². The molecule has 0 unspecified atom stereocenters. The number of nitrogens with two attached hydrogens (primary N) is 1. The highest BCUT2D eigenvalue weighted by Crippen LogP contribution is 2.11. The van der Waals surface area contributed by atoms with Gasteiger partial charge in [0.25, 0.3) is 0 Å². The van der Waals surface area contributed by atoms with E-state index in [0.29, 0.717) is 5.69 Å². The Morgan fingerprint density at radius 3 is 2.63 bits per heavy atom. The van der Waals surface area contributed by atoms with Crippen LogP contribution in [0.1, 0.15) is 5.56 Å². The monoisotopic (exact) mass is 256 g/mol. The lowest BCUT2D eigenvalue weighted by Gasteiger charge is -2.07. The van der Waals surface area contributed by atoms with Crippen LogP contribution >= 0.6 is 0 Å². The number of hydrogen-bond acceptors (Lipinski definition) is 4. The molecule has 0 aliphatic rings. The number of nitrogens with one attached hydrogen (secondary N) is 1. The summed E-state index contributed by atoms with van der Waals surface area (Å²) in [6, 6.07) is 16.8. The molecule has 98 valence electrons. The number of carbonyl (C=O) groups is 1. The third-order valence-corrected chi connectivity index (χ3v) is 2.57. The van der Waals surface area contributed by atoms with Crippen LogP contribution in [0.3, 0.4) is 0 Å². The average Bonchev–Trinajstić information content (AvgIpc) is 2.44. The maximum absolute atomic E-state index is 11.6. The van der Waals surface area contributed by atoms with E-state index in [1.165, 1.54) is 0 Å². The van der Waals surface area contributed by atoms with Gasteiger partial charge in [-0.3, -0.25) is 4.79 Å². The van der Waals surface area contributed by atoms with E-state index in [2.05, 4.69) is 5.32 Å². The van der Waals surface area contributed by atoms with Crippen LogP contribution in [-0.2, 0) is 16.1 Å². The highest BCUT2D eigenvalue weighted by atomic mass is 16.5. The molecule has 2 rings (SSSR count). The Morgan fingerprint density at radius 2 is 1.89 bits per heavy atom. The minimum Gasteiger partial charge on any atom is -0.460 e. The number of esters is 1. The minimum absolute atomic E-state index is 0.121. The van der Waals surface area contributed by atoms with E-state index in [1.54, 1.807) is 12.1 Å². The van der Waals surface area contributed by atoms with Crippen LogP contribution in [-0.4, -0.2) is 12.5 Å². The van der Waals surface area contributed by atoms with Crippen molar-refractivity contribution in [1.29, 1.82) is 0 Å². The van der Waals surface area contributed by atoms with Crippen LogP contribution in [0.15, 0.2) is 54.6 Å². The van der Waals surface area contributed by atoms with Crippen molar-refractivity contribution in [3.63, 3.8) is 0 Å². The zero-order chi connectivity index (χ0) is 13.5. The summed E-state index contributed by atoms with van der Waals surface area (Å²) in [5.74, 6) is -0.300. The third-order valence-electron chi connectivity index (χ3n) is 2.57. The second-order valence-corrected chi connectivity index (χ2v) is 4.13. The fraction of sp³-hybridized carbons (Fsp3) is 0.133. The van der Waals surface area contributed by atoms with Crippen molar-refractivity contribution in [2.24, 2.45) is 0 Å². The summed E-state index contributed by atoms with van der Waals surface area (Å²) < 4.78 is 5.15. The first-order valence-electron chi connectivity index (χ1n) is 6.03. The highest BCUT2D eigenvalue weighted by Gasteiger charge is 2.03. The quantitative estimate of drug-likeness (QED) is 0.637. The molecule has 0 amide bonds. The molecule has 3 N–H and O–H groups in total. The smallest absolute Gasteiger partial charge is 0.325 e. The number of rotatable bonds is 5. The second-order valence-electron chi connectivity index (χ2n) is 4.13. The van der Waals surface area contributed by atoms with E-state index in [4.69, 9.17) is 10.5 Å². The molecule has 0 saturated carbocycles. The molecular weight excluding hydrogens is 240 g/mol. The molecule has 0 aliphatic heterocycles. The summed E-state index contributed by atoms with van der Waals surface area (Å²) in [5, 5.41) is 2.97. The summed E-state index contributed by atoms with van der Waals surface area (Å²) in [6.45, 7) is 0.411. The molecule has 0 heterocycles. The SMILES string of the molecule is Nc1cccc(NCC(=O)OCc2ccccc2)c1. The summed E-state index contributed by atoms with van der Waals surface area (Å²) in [4.78, 5) is 11.6. The van der Waals surface area contributed by atoms with Crippen molar-refractivity contribution in [1.82, 2.24) is 0 Å². The summed E-state index contributed by atoms with van der Waals surface area (Å²) >= 11 is 0. The standard InChI is InChI=1S/C15H16N2O2/c16-13-7-4-8-14(9-13)17-10-15(18)19-11-12-5-2-1-3-6-12/h1-9,17H,10-11,16H2. The lowest BCUT2D eigenvalue weighted by atomic mass is 10.2. The Bertz CT molecular complexity index is 541. The number of carbonyl (C=O) groups excluding carboxylic acids is 1. The van der Waals surface area contributed by atoms with Crippen molar-refractivity contribution in [2.75, 3.05) is 17.6 Å². The predicted octanol–water partition coefficient (Wildman–Crippen LogP) is 2.42. The Kier molecular flexibility index (Phi) is 4.39. The molecule has 0 radical (unpaired) electrons. The van der Waals surface area contributed by atoms with Crippen molar-refractivity contribution >= 4 is 17.3 Å². The molecule has 4 nitrogen and oxygen atoms in total. The topological polar surface area (TPSA) is 64.3 Å². The van der Waals surface area contributed by atoms with Crippen molar-refractivity contribution in [2.45, 2.75) is 6.61 Å². The average molecular weight is 256 g/mol. The van der Waals surface area contributed by atoms with E-state index >= 15 is 0 Å². The van der Waals surface area contributed by atoms with E-state index in [-0.39, 0.29) is 19.1 Å². The van der Waals surface area contributed by atoms with Gasteiger partial charge in [-0.05, 0) is 23.8 Å². The molecule has 0 spiro atoms. The highest BCUT2D eigenvalue weighted by molar-refractivity contribution is 5.75. The summed E-state index contributed by atoms with van der Waals surface area (Å²) in [7, 11) is 0. The van der Waals surface area contributed by atoms with Crippen molar-refractivity contribution in [3.05, 3.63) is 60.2 Å². The lowest BCUT2D eigenvalue weighted by molar-refractivity contribution is -0.142. The maximum Gasteiger partial charge on any atom is 0.325 e. The minimum atomic E-state index is -0.300. The molecule has 0 saturated heterocycles. The largest absolute Gasteiger partial charge is 0.460 e. The van der Waals surface area contributed by atoms with Gasteiger partial charge in [0.15, 0.2) is 0 Å². The van der Waals surface area contributed by atoms with Gasteiger partial charge in [-0.25, -0.2) is 0 Å². The molecule has 0 bridgehead atoms. The van der Waals surface area contributed by atoms with Crippen LogP contribution in [0.2, 0.25) is 0 Å². The first-order chi connectivity index (χ1) is 9.24. The molecule has 19 heavy (non-hydrogen) atoms. The molecule has 0 atom stereocenters. The molecule has 2 aromatic carbocycles. The first-order valence-corrected chi connectivity index (χ1v) is 6.03. The van der Waals surface area contributed by atoms with E-state index < -0.39 is 0 Å². The zero-order valence-corrected chi connectivity index (χ0v) is 10.5. The number of anilines is 2. The predicted molar refractivity (Wildman–Crippen MR) is 75.6 cm³/mol. The van der Waals surface area contributed by atoms with Crippen molar-refractivity contribution < 1.29 is 9.53 Å². The van der Waals surface area contributed by atoms with Crippen LogP contribution in [0.4, 0.5) is 11.4 Å². The molecule has 0 aliphatic carbocycles. The maximum atomic E-state index is 11.6. The van der Waals surface area contributed by atoms with Gasteiger partial charge in [0.2, 0.25) is 0 Å². The van der Waals surface area contributed by atoms with Gasteiger partial charge in [-0.15, -0.1) is 0 Å². The van der Waals surface area contributed by atoms with E-state index in [0.717, 1.165) is 11.3 Å². The number of nitrogen functional groups attached to an aromatic ring is 1. The normalized spacial score (nSPS) is 9.89. The second kappa shape index (κ2) is 6.44. The molecule has 2 aromatic rings. The molecular formula is C15H16N2O2. The third kappa shape index (κ3) is 4.35. The fourth-order valence-electron chi connectivity index (χ4n) is 1.61. The van der Waals surface area contributed by atoms with Gasteiger partial charge in [-0.1, -0.05) is 36.4 Å².